The summed E-state index contributed by atoms with van der Waals surface area (Å²) in [6.07, 6.45) is 3.11. The van der Waals surface area contributed by atoms with Crippen LogP contribution in [-0.2, 0) is 11.2 Å². The van der Waals surface area contributed by atoms with Crippen LogP contribution in [0.3, 0.4) is 0 Å². The molecule has 0 bridgehead atoms. The van der Waals surface area contributed by atoms with Crippen LogP contribution in [0.25, 0.3) is 10.2 Å². The summed E-state index contributed by atoms with van der Waals surface area (Å²) in [6, 6.07) is 2.08. The van der Waals surface area contributed by atoms with Crippen molar-refractivity contribution in [3.63, 3.8) is 0 Å². The molecular formula is C12H13ClN2OS. The molecule has 2 aromatic rings. The molecule has 17 heavy (non-hydrogen) atoms. The number of fused-ring (bicyclic) bond motifs is 1. The molecule has 0 aliphatic carbocycles. The van der Waals surface area contributed by atoms with E-state index in [9.17, 15) is 0 Å². The Morgan fingerprint density at radius 1 is 1.53 bits per heavy atom. The molecule has 1 atom stereocenters. The molecule has 0 saturated carbocycles. The fourth-order valence-electron chi connectivity index (χ4n) is 2.05. The van der Waals surface area contributed by atoms with Crippen LogP contribution in [0.5, 0.6) is 0 Å². The first kappa shape index (κ1) is 11.4. The molecule has 1 unspecified atom stereocenters. The van der Waals surface area contributed by atoms with Gasteiger partial charge in [-0.15, -0.1) is 11.3 Å². The largest absolute Gasteiger partial charge is 0.370 e. The molecule has 90 valence electrons. The van der Waals surface area contributed by atoms with Gasteiger partial charge in [0.05, 0.1) is 0 Å². The van der Waals surface area contributed by atoms with Crippen LogP contribution in [0, 0.1) is 0 Å². The van der Waals surface area contributed by atoms with E-state index < -0.39 is 0 Å². The van der Waals surface area contributed by atoms with Crippen LogP contribution in [-0.4, -0.2) is 16.6 Å². The Morgan fingerprint density at radius 2 is 2.41 bits per heavy atom. The van der Waals surface area contributed by atoms with Crippen molar-refractivity contribution in [2.75, 3.05) is 6.61 Å². The molecule has 5 heteroatoms. The van der Waals surface area contributed by atoms with Gasteiger partial charge in [0.2, 0.25) is 0 Å². The van der Waals surface area contributed by atoms with Crippen LogP contribution in [0.2, 0.25) is 5.15 Å². The van der Waals surface area contributed by atoms with E-state index in [0.29, 0.717) is 5.15 Å². The third kappa shape index (κ3) is 2.05. The Kier molecular flexibility index (Phi) is 3.03. The molecule has 0 N–H and O–H groups in total. The number of aromatic nitrogens is 2. The molecule has 2 aromatic heterocycles. The number of aryl methyl sites for hydroxylation is 1. The Morgan fingerprint density at radius 3 is 3.12 bits per heavy atom. The molecule has 3 nitrogen and oxygen atoms in total. The Balaban J connectivity index is 2.09. The van der Waals surface area contributed by atoms with E-state index >= 15 is 0 Å². The maximum Gasteiger partial charge on any atom is 0.160 e. The van der Waals surface area contributed by atoms with Gasteiger partial charge in [0.1, 0.15) is 16.1 Å². The smallest absolute Gasteiger partial charge is 0.160 e. The maximum atomic E-state index is 6.21. The van der Waals surface area contributed by atoms with Crippen molar-refractivity contribution in [3.8, 4) is 0 Å². The van der Waals surface area contributed by atoms with Gasteiger partial charge in [0.15, 0.2) is 5.82 Å². The Bertz CT molecular complexity index is 549. The van der Waals surface area contributed by atoms with Gasteiger partial charge in [-0.1, -0.05) is 18.5 Å². The quantitative estimate of drug-likeness (QED) is 0.778. The molecule has 0 aromatic carbocycles. The number of hydrogen-bond donors (Lipinski definition) is 0. The van der Waals surface area contributed by atoms with Crippen LogP contribution < -0.4 is 0 Å². The summed E-state index contributed by atoms with van der Waals surface area (Å²) in [5.74, 6) is 0.740. The second-order valence-corrected chi connectivity index (χ2v) is 5.63. The lowest BCUT2D eigenvalue weighted by atomic mass is 10.2. The lowest BCUT2D eigenvalue weighted by Gasteiger charge is -2.07. The highest BCUT2D eigenvalue weighted by Crippen LogP contribution is 2.33. The van der Waals surface area contributed by atoms with Crippen molar-refractivity contribution in [2.45, 2.75) is 32.3 Å². The zero-order valence-corrected chi connectivity index (χ0v) is 11.1. The van der Waals surface area contributed by atoms with Crippen molar-refractivity contribution in [1.29, 1.82) is 0 Å². The number of nitrogens with zero attached hydrogens (tertiary/aromatic N) is 2. The third-order valence-electron chi connectivity index (χ3n) is 2.98. The second kappa shape index (κ2) is 4.52. The Hall–Kier alpha value is -0.710. The standard InChI is InChI=1S/C12H13ClN2OS/c1-2-7-6-8-10(13)14-11(15-12(8)17-7)9-4-3-5-16-9/h6,9H,2-5H2,1H3. The topological polar surface area (TPSA) is 35.0 Å². The zero-order valence-electron chi connectivity index (χ0n) is 9.57. The molecular weight excluding hydrogens is 256 g/mol. The van der Waals surface area contributed by atoms with E-state index in [1.807, 2.05) is 0 Å². The number of rotatable bonds is 2. The molecule has 0 radical (unpaired) electrons. The molecule has 1 aliphatic heterocycles. The number of hydrogen-bond acceptors (Lipinski definition) is 4. The number of thiophene rings is 1. The minimum absolute atomic E-state index is 0.0316. The van der Waals surface area contributed by atoms with E-state index in [1.165, 1.54) is 4.88 Å². The van der Waals surface area contributed by atoms with Gasteiger partial charge in [-0.2, -0.15) is 0 Å². The highest BCUT2D eigenvalue weighted by molar-refractivity contribution is 7.18. The lowest BCUT2D eigenvalue weighted by Crippen LogP contribution is -2.02. The van der Waals surface area contributed by atoms with Gasteiger partial charge in [0.25, 0.3) is 0 Å². The van der Waals surface area contributed by atoms with Crippen molar-refractivity contribution >= 4 is 33.2 Å². The van der Waals surface area contributed by atoms with Crippen molar-refractivity contribution < 1.29 is 4.74 Å². The molecule has 1 saturated heterocycles. The average Bonchev–Trinajstić information content (AvgIpc) is 2.97. The van der Waals surface area contributed by atoms with Crippen molar-refractivity contribution in [2.24, 2.45) is 0 Å². The monoisotopic (exact) mass is 268 g/mol. The first-order valence-electron chi connectivity index (χ1n) is 5.85. The molecule has 0 amide bonds. The van der Waals surface area contributed by atoms with Crippen LogP contribution in [0.4, 0.5) is 0 Å². The van der Waals surface area contributed by atoms with Crippen LogP contribution >= 0.6 is 22.9 Å². The van der Waals surface area contributed by atoms with Gasteiger partial charge in [-0.25, -0.2) is 9.97 Å². The fourth-order valence-corrected chi connectivity index (χ4v) is 3.31. The summed E-state index contributed by atoms with van der Waals surface area (Å²) in [5, 5.41) is 1.52. The summed E-state index contributed by atoms with van der Waals surface area (Å²) >= 11 is 7.90. The van der Waals surface area contributed by atoms with Gasteiger partial charge in [-0.3, -0.25) is 0 Å². The summed E-state index contributed by atoms with van der Waals surface area (Å²) in [6.45, 7) is 2.93. The normalized spacial score (nSPS) is 20.2. The van der Waals surface area contributed by atoms with Gasteiger partial charge in [0, 0.05) is 16.9 Å². The molecule has 1 aliphatic rings. The van der Waals surface area contributed by atoms with Crippen LogP contribution in [0.15, 0.2) is 6.07 Å². The van der Waals surface area contributed by atoms with E-state index in [2.05, 4.69) is 23.0 Å². The highest BCUT2D eigenvalue weighted by atomic mass is 35.5. The maximum absolute atomic E-state index is 6.21. The van der Waals surface area contributed by atoms with Gasteiger partial charge < -0.3 is 4.74 Å². The van der Waals surface area contributed by atoms with Crippen molar-refractivity contribution in [3.05, 3.63) is 21.9 Å². The fraction of sp³-hybridized carbons (Fsp3) is 0.500. The third-order valence-corrected chi connectivity index (χ3v) is 4.44. The lowest BCUT2D eigenvalue weighted by molar-refractivity contribution is 0.105. The summed E-state index contributed by atoms with van der Waals surface area (Å²) in [5.41, 5.74) is 0. The second-order valence-electron chi connectivity index (χ2n) is 4.16. The van der Waals surface area contributed by atoms with E-state index in [-0.39, 0.29) is 6.10 Å². The molecule has 1 fully saturated rings. The SMILES string of the molecule is CCc1cc2c(Cl)nc(C3CCCO3)nc2s1. The number of ether oxygens (including phenoxy) is 1. The van der Waals surface area contributed by atoms with Crippen molar-refractivity contribution in [1.82, 2.24) is 9.97 Å². The van der Waals surface area contributed by atoms with Gasteiger partial charge >= 0.3 is 0 Å². The summed E-state index contributed by atoms with van der Waals surface area (Å²) in [7, 11) is 0. The summed E-state index contributed by atoms with van der Waals surface area (Å²) < 4.78 is 5.60. The first-order valence-corrected chi connectivity index (χ1v) is 7.05. The van der Waals surface area contributed by atoms with Crippen LogP contribution in [0.1, 0.15) is 36.6 Å². The zero-order chi connectivity index (χ0) is 11.8. The predicted molar refractivity (Wildman–Crippen MR) is 69.7 cm³/mol. The van der Waals surface area contributed by atoms with E-state index in [0.717, 1.165) is 41.9 Å². The van der Waals surface area contributed by atoms with E-state index in [4.69, 9.17) is 16.3 Å². The molecule has 0 spiro atoms. The number of halogens is 1. The highest BCUT2D eigenvalue weighted by Gasteiger charge is 2.22. The molecule has 3 heterocycles. The predicted octanol–water partition coefficient (Wildman–Crippen LogP) is 3.76. The minimum Gasteiger partial charge on any atom is -0.370 e. The Labute approximate surface area is 109 Å². The average molecular weight is 269 g/mol. The first-order chi connectivity index (χ1) is 8.28. The van der Waals surface area contributed by atoms with E-state index in [1.54, 1.807) is 11.3 Å². The summed E-state index contributed by atoms with van der Waals surface area (Å²) in [4.78, 5) is 11.2. The minimum atomic E-state index is 0.0316. The molecule has 3 rings (SSSR count). The van der Waals surface area contributed by atoms with Gasteiger partial charge in [-0.05, 0) is 25.3 Å².